The summed E-state index contributed by atoms with van der Waals surface area (Å²) in [5.74, 6) is 0.510. The summed E-state index contributed by atoms with van der Waals surface area (Å²) in [5.41, 5.74) is 6.41. The van der Waals surface area contributed by atoms with Crippen LogP contribution in [0.3, 0.4) is 0 Å². The van der Waals surface area contributed by atoms with Crippen LogP contribution in [0.5, 0.6) is 5.75 Å². The van der Waals surface area contributed by atoms with Gasteiger partial charge in [0.2, 0.25) is 0 Å². The van der Waals surface area contributed by atoms with Gasteiger partial charge in [0.15, 0.2) is 0 Å². The van der Waals surface area contributed by atoms with E-state index in [0.717, 1.165) is 34.7 Å². The Kier molecular flexibility index (Phi) is 6.67. The third-order valence-corrected chi connectivity index (χ3v) is 4.68. The highest BCUT2D eigenvalue weighted by molar-refractivity contribution is 5.95. The second kappa shape index (κ2) is 10.2. The van der Waals surface area contributed by atoms with Crippen LogP contribution in [0.1, 0.15) is 29.3 Å². The molecular weight excluding hydrogens is 402 g/mol. The first-order chi connectivity index (χ1) is 15.7. The Balaban J connectivity index is 1.61. The van der Waals surface area contributed by atoms with Gasteiger partial charge in [0.1, 0.15) is 11.4 Å². The predicted octanol–water partition coefficient (Wildman–Crippen LogP) is 4.49. The summed E-state index contributed by atoms with van der Waals surface area (Å²) < 4.78 is 7.47. The maximum atomic E-state index is 12.3. The first kappa shape index (κ1) is 21.0. The van der Waals surface area contributed by atoms with Gasteiger partial charge in [-0.3, -0.25) is 9.78 Å². The van der Waals surface area contributed by atoms with Crippen LogP contribution < -0.4 is 10.2 Å². The Morgan fingerprint density at radius 3 is 2.53 bits per heavy atom. The Morgan fingerprint density at radius 1 is 1.06 bits per heavy atom. The average Bonchev–Trinajstić information content (AvgIpc) is 3.28. The van der Waals surface area contributed by atoms with Gasteiger partial charge in [-0.2, -0.15) is 10.2 Å². The number of hydrazone groups is 1. The number of amides is 1. The SMILES string of the molecule is CCCOc1ccc(-c2nn(-c3ccccc3)cc2/C=N\NC(=O)c2ccncc2)cc1. The lowest BCUT2D eigenvalue weighted by atomic mass is 10.1. The normalized spacial score (nSPS) is 10.9. The molecule has 0 unspecified atom stereocenters. The van der Waals surface area contributed by atoms with Crippen molar-refractivity contribution in [3.05, 3.63) is 96.4 Å². The van der Waals surface area contributed by atoms with Crippen molar-refractivity contribution in [2.45, 2.75) is 13.3 Å². The minimum Gasteiger partial charge on any atom is -0.494 e. The molecule has 0 spiro atoms. The monoisotopic (exact) mass is 425 g/mol. The van der Waals surface area contributed by atoms with Crippen LogP contribution in [0, 0.1) is 0 Å². The van der Waals surface area contributed by atoms with E-state index in [1.165, 1.54) is 0 Å². The number of pyridine rings is 1. The minimum atomic E-state index is -0.307. The number of carbonyl (C=O) groups excluding carboxylic acids is 1. The highest BCUT2D eigenvalue weighted by Crippen LogP contribution is 2.25. The van der Waals surface area contributed by atoms with E-state index in [1.54, 1.807) is 35.4 Å². The molecule has 4 rings (SSSR count). The van der Waals surface area contributed by atoms with E-state index < -0.39 is 0 Å². The summed E-state index contributed by atoms with van der Waals surface area (Å²) in [5, 5.41) is 8.91. The summed E-state index contributed by atoms with van der Waals surface area (Å²) in [6, 6.07) is 20.9. The molecule has 2 heterocycles. The second-order valence-electron chi connectivity index (χ2n) is 7.02. The molecule has 0 fully saturated rings. The lowest BCUT2D eigenvalue weighted by Gasteiger charge is -2.05. The van der Waals surface area contributed by atoms with Crippen molar-refractivity contribution in [3.63, 3.8) is 0 Å². The largest absolute Gasteiger partial charge is 0.494 e. The maximum Gasteiger partial charge on any atom is 0.271 e. The first-order valence-electron chi connectivity index (χ1n) is 10.4. The van der Waals surface area contributed by atoms with E-state index in [-0.39, 0.29) is 5.91 Å². The molecular formula is C25H23N5O2. The average molecular weight is 425 g/mol. The van der Waals surface area contributed by atoms with Gasteiger partial charge in [0.05, 0.1) is 18.5 Å². The molecule has 7 heteroatoms. The molecule has 1 N–H and O–H groups in total. The van der Waals surface area contributed by atoms with Crippen LogP contribution in [0.2, 0.25) is 0 Å². The van der Waals surface area contributed by atoms with Crippen molar-refractivity contribution in [1.29, 1.82) is 0 Å². The Morgan fingerprint density at radius 2 is 1.81 bits per heavy atom. The summed E-state index contributed by atoms with van der Waals surface area (Å²) >= 11 is 0. The second-order valence-corrected chi connectivity index (χ2v) is 7.02. The van der Waals surface area contributed by atoms with Gasteiger partial charge in [-0.15, -0.1) is 0 Å². The third kappa shape index (κ3) is 5.07. The number of carbonyl (C=O) groups is 1. The van der Waals surface area contributed by atoms with Gasteiger partial charge in [-0.05, 0) is 55.0 Å². The highest BCUT2D eigenvalue weighted by atomic mass is 16.5. The maximum absolute atomic E-state index is 12.3. The molecule has 0 aliphatic rings. The van der Waals surface area contributed by atoms with Crippen molar-refractivity contribution in [1.82, 2.24) is 20.2 Å². The lowest BCUT2D eigenvalue weighted by Crippen LogP contribution is -2.17. The fourth-order valence-corrected chi connectivity index (χ4v) is 3.08. The van der Waals surface area contributed by atoms with Crippen LogP contribution >= 0.6 is 0 Å². The van der Waals surface area contributed by atoms with Gasteiger partial charge in [-0.1, -0.05) is 25.1 Å². The number of benzene rings is 2. The summed E-state index contributed by atoms with van der Waals surface area (Å²) in [4.78, 5) is 16.2. The topological polar surface area (TPSA) is 81.4 Å². The van der Waals surface area contributed by atoms with Gasteiger partial charge in [0, 0.05) is 35.3 Å². The quantitative estimate of drug-likeness (QED) is 0.333. The van der Waals surface area contributed by atoms with Crippen molar-refractivity contribution in [2.24, 2.45) is 5.10 Å². The Hall–Kier alpha value is -4.26. The lowest BCUT2D eigenvalue weighted by molar-refractivity contribution is 0.0955. The zero-order chi connectivity index (χ0) is 22.2. The summed E-state index contributed by atoms with van der Waals surface area (Å²) in [7, 11) is 0. The number of hydrogen-bond donors (Lipinski definition) is 1. The number of rotatable bonds is 8. The summed E-state index contributed by atoms with van der Waals surface area (Å²) in [6.07, 6.45) is 7.56. The molecule has 0 saturated carbocycles. The molecule has 0 atom stereocenters. The van der Waals surface area contributed by atoms with Crippen molar-refractivity contribution in [2.75, 3.05) is 6.61 Å². The molecule has 32 heavy (non-hydrogen) atoms. The molecule has 0 bridgehead atoms. The predicted molar refractivity (Wildman–Crippen MR) is 124 cm³/mol. The number of para-hydroxylation sites is 1. The van der Waals surface area contributed by atoms with Crippen molar-refractivity contribution >= 4 is 12.1 Å². The van der Waals surface area contributed by atoms with Gasteiger partial charge >= 0.3 is 0 Å². The molecule has 2 aromatic heterocycles. The fraction of sp³-hybridized carbons (Fsp3) is 0.120. The van der Waals surface area contributed by atoms with Crippen LogP contribution in [0.15, 0.2) is 90.4 Å². The van der Waals surface area contributed by atoms with E-state index in [9.17, 15) is 4.79 Å². The van der Waals surface area contributed by atoms with Crippen LogP contribution in [0.25, 0.3) is 16.9 Å². The number of ether oxygens (including phenoxy) is 1. The number of aromatic nitrogens is 3. The van der Waals surface area contributed by atoms with Crippen LogP contribution in [-0.4, -0.2) is 33.5 Å². The van der Waals surface area contributed by atoms with E-state index in [4.69, 9.17) is 9.84 Å². The number of nitrogens with zero attached hydrogens (tertiary/aromatic N) is 4. The molecule has 0 saturated heterocycles. The zero-order valence-corrected chi connectivity index (χ0v) is 17.7. The zero-order valence-electron chi connectivity index (χ0n) is 17.7. The van der Waals surface area contributed by atoms with Crippen molar-refractivity contribution in [3.8, 4) is 22.7 Å². The highest BCUT2D eigenvalue weighted by Gasteiger charge is 2.12. The molecule has 160 valence electrons. The molecule has 4 aromatic rings. The minimum absolute atomic E-state index is 0.307. The van der Waals surface area contributed by atoms with E-state index in [2.05, 4.69) is 22.4 Å². The molecule has 7 nitrogen and oxygen atoms in total. The van der Waals surface area contributed by atoms with Crippen LogP contribution in [0.4, 0.5) is 0 Å². The fourth-order valence-electron chi connectivity index (χ4n) is 3.08. The Labute approximate surface area is 186 Å². The number of nitrogens with one attached hydrogen (secondary N) is 1. The molecule has 0 aliphatic heterocycles. The van der Waals surface area contributed by atoms with Gasteiger partial charge in [0.25, 0.3) is 5.91 Å². The Bertz CT molecular complexity index is 1190. The third-order valence-electron chi connectivity index (χ3n) is 4.68. The molecule has 0 radical (unpaired) electrons. The first-order valence-corrected chi connectivity index (χ1v) is 10.4. The standard InChI is InChI=1S/C25H23N5O2/c1-2-16-32-23-10-8-19(9-11-23)24-21(18-30(29-24)22-6-4-3-5-7-22)17-27-28-25(31)20-12-14-26-15-13-20/h3-15,17-18H,2,16H2,1H3,(H,28,31)/b27-17-. The van der Waals surface area contributed by atoms with E-state index in [1.807, 2.05) is 60.8 Å². The van der Waals surface area contributed by atoms with E-state index >= 15 is 0 Å². The van der Waals surface area contributed by atoms with Crippen LogP contribution in [-0.2, 0) is 0 Å². The molecule has 2 aromatic carbocycles. The molecule has 1 amide bonds. The number of hydrogen-bond acceptors (Lipinski definition) is 5. The molecule has 0 aliphatic carbocycles. The smallest absolute Gasteiger partial charge is 0.271 e. The van der Waals surface area contributed by atoms with Gasteiger partial charge in [-0.25, -0.2) is 10.1 Å². The summed E-state index contributed by atoms with van der Waals surface area (Å²) in [6.45, 7) is 2.75. The van der Waals surface area contributed by atoms with Crippen molar-refractivity contribution < 1.29 is 9.53 Å². The van der Waals surface area contributed by atoms with E-state index in [0.29, 0.717) is 12.2 Å². The van der Waals surface area contributed by atoms with Gasteiger partial charge < -0.3 is 4.74 Å².